The number of methoxy groups -OCH3 is 1. The van der Waals surface area contributed by atoms with Gasteiger partial charge in [-0.1, -0.05) is 24.3 Å². The fraction of sp³-hybridized carbons (Fsp3) is 0.600. The molecule has 1 aliphatic heterocycles. The molecule has 1 aromatic carbocycles. The van der Waals surface area contributed by atoms with Crippen LogP contribution in [-0.2, 0) is 11.3 Å². The molecule has 0 spiro atoms. The van der Waals surface area contributed by atoms with Gasteiger partial charge in [0, 0.05) is 75.3 Å². The number of aliphatic hydroxyl groups is 1. The van der Waals surface area contributed by atoms with Crippen molar-refractivity contribution in [2.24, 2.45) is 0 Å². The van der Waals surface area contributed by atoms with E-state index in [9.17, 15) is 5.11 Å². The van der Waals surface area contributed by atoms with Gasteiger partial charge in [0.2, 0.25) is 5.95 Å². The van der Waals surface area contributed by atoms with Crippen LogP contribution in [0.15, 0.2) is 36.7 Å². The van der Waals surface area contributed by atoms with Crippen molar-refractivity contribution in [2.75, 3.05) is 51.5 Å². The zero-order valence-corrected chi connectivity index (χ0v) is 24.7. The number of piperazine rings is 1. The molecule has 8 nitrogen and oxygen atoms in total. The molecule has 0 radical (unpaired) electrons. The first-order chi connectivity index (χ1) is 18.9. The Hall–Kier alpha value is -2.17. The van der Waals surface area contributed by atoms with E-state index in [2.05, 4.69) is 75.2 Å². The van der Waals surface area contributed by atoms with Gasteiger partial charge in [0.05, 0.1) is 18.1 Å². The second kappa shape index (κ2) is 13.0. The van der Waals surface area contributed by atoms with Crippen molar-refractivity contribution in [1.29, 1.82) is 0 Å². The molecule has 9 heteroatoms. The third-order valence-corrected chi connectivity index (χ3v) is 9.34. The normalized spacial score (nSPS) is 22.7. The van der Waals surface area contributed by atoms with Gasteiger partial charge in [-0.15, -0.1) is 11.8 Å². The molecule has 2 atom stereocenters. The van der Waals surface area contributed by atoms with E-state index in [4.69, 9.17) is 9.72 Å². The maximum absolute atomic E-state index is 10.1. The van der Waals surface area contributed by atoms with Gasteiger partial charge >= 0.3 is 0 Å². The lowest BCUT2D eigenvalue weighted by Crippen LogP contribution is -2.48. The van der Waals surface area contributed by atoms with Gasteiger partial charge in [0.15, 0.2) is 0 Å². The minimum atomic E-state index is -0.186. The number of benzene rings is 1. The Morgan fingerprint density at radius 1 is 1.08 bits per heavy atom. The Morgan fingerprint density at radius 2 is 1.79 bits per heavy atom. The first-order valence-electron chi connectivity index (χ1n) is 14.3. The molecule has 2 aliphatic rings. The lowest BCUT2D eigenvalue weighted by Gasteiger charge is -2.37. The predicted octanol–water partition coefficient (Wildman–Crippen LogP) is 4.85. The topological polar surface area (TPSA) is 78.7 Å². The Balaban J connectivity index is 1.36. The molecule has 2 aromatic heterocycles. The molecule has 1 saturated carbocycles. The van der Waals surface area contributed by atoms with Crippen LogP contribution in [0.5, 0.6) is 0 Å². The van der Waals surface area contributed by atoms with Crippen molar-refractivity contribution in [3.63, 3.8) is 0 Å². The quantitative estimate of drug-likeness (QED) is 0.370. The molecule has 2 N–H and O–H groups in total. The van der Waals surface area contributed by atoms with E-state index in [1.165, 1.54) is 16.7 Å². The highest BCUT2D eigenvalue weighted by molar-refractivity contribution is 7.99. The van der Waals surface area contributed by atoms with Crippen molar-refractivity contribution < 1.29 is 9.84 Å². The molecule has 5 rings (SSSR count). The van der Waals surface area contributed by atoms with Crippen LogP contribution < -0.4 is 5.32 Å². The Bertz CT molecular complexity index is 1200. The lowest BCUT2D eigenvalue weighted by molar-refractivity contribution is 0.111. The third kappa shape index (κ3) is 6.77. The van der Waals surface area contributed by atoms with E-state index in [-0.39, 0.29) is 12.1 Å². The van der Waals surface area contributed by atoms with Gasteiger partial charge in [-0.05, 0) is 56.9 Å². The number of hydrogen-bond donors (Lipinski definition) is 2. The smallest absolute Gasteiger partial charge is 0.224 e. The number of thioether (sulfide) groups is 1. The van der Waals surface area contributed by atoms with Crippen molar-refractivity contribution >= 4 is 28.7 Å². The number of nitrogens with one attached hydrogen (secondary N) is 1. The zero-order valence-electron chi connectivity index (χ0n) is 23.8. The highest BCUT2D eigenvalue weighted by Crippen LogP contribution is 2.37. The van der Waals surface area contributed by atoms with Crippen LogP contribution in [0.1, 0.15) is 51.1 Å². The first-order valence-corrected chi connectivity index (χ1v) is 15.6. The number of ether oxygens (including phenoxy) is 1. The number of aromatic nitrogens is 3. The summed E-state index contributed by atoms with van der Waals surface area (Å²) in [6, 6.07) is 9.49. The molecule has 3 heterocycles. The molecular formula is C30H44N6O2S. The largest absolute Gasteiger partial charge is 0.393 e. The summed E-state index contributed by atoms with van der Waals surface area (Å²) >= 11 is 1.93. The minimum Gasteiger partial charge on any atom is -0.393 e. The molecule has 3 aromatic rings. The summed E-state index contributed by atoms with van der Waals surface area (Å²) in [6.07, 6.45) is 9.80. The summed E-state index contributed by atoms with van der Waals surface area (Å²) in [5, 5.41) is 15.1. The van der Waals surface area contributed by atoms with Crippen LogP contribution in [-0.4, -0.2) is 93.1 Å². The van der Waals surface area contributed by atoms with E-state index >= 15 is 0 Å². The number of anilines is 1. The standard InChI is InChI=1S/C30H44N6O2S/c1-21(20-38-3)32-30-31-17-27-28(19-36(29(27)33-30)25-9-11-26(37)12-10-25)24-7-5-23(6-8-24)18-34-13-15-35(16-14-34)22(2)39-4/h5-8,17,19,21-22,25-26,37H,9-16,18,20H2,1-4H3,(H,31,32,33)/t21?,22?,25-,26-. The maximum Gasteiger partial charge on any atom is 0.224 e. The highest BCUT2D eigenvalue weighted by atomic mass is 32.2. The Labute approximate surface area is 237 Å². The second-order valence-electron chi connectivity index (χ2n) is 11.2. The molecule has 39 heavy (non-hydrogen) atoms. The predicted molar refractivity (Wildman–Crippen MR) is 161 cm³/mol. The van der Waals surface area contributed by atoms with Gasteiger partial charge in [-0.3, -0.25) is 9.80 Å². The number of hydrogen-bond acceptors (Lipinski definition) is 8. The van der Waals surface area contributed by atoms with Crippen molar-refractivity contribution in [3.05, 3.63) is 42.2 Å². The van der Waals surface area contributed by atoms with Crippen molar-refractivity contribution in [2.45, 2.75) is 69.6 Å². The molecule has 212 valence electrons. The summed E-state index contributed by atoms with van der Waals surface area (Å²) in [5.74, 6) is 0.621. The van der Waals surface area contributed by atoms with Crippen LogP contribution in [0.25, 0.3) is 22.2 Å². The minimum absolute atomic E-state index is 0.115. The molecule has 0 amide bonds. The summed E-state index contributed by atoms with van der Waals surface area (Å²) in [5.41, 5.74) is 4.66. The molecule has 1 saturated heterocycles. The van der Waals surface area contributed by atoms with E-state index in [0.29, 0.717) is 24.0 Å². The van der Waals surface area contributed by atoms with Crippen molar-refractivity contribution in [1.82, 2.24) is 24.3 Å². The average molecular weight is 553 g/mol. The monoisotopic (exact) mass is 552 g/mol. The lowest BCUT2D eigenvalue weighted by atomic mass is 9.93. The fourth-order valence-electron chi connectivity index (χ4n) is 5.94. The Kier molecular flexibility index (Phi) is 9.45. The number of nitrogens with zero attached hydrogens (tertiary/aromatic N) is 5. The summed E-state index contributed by atoms with van der Waals surface area (Å²) < 4.78 is 7.60. The van der Waals surface area contributed by atoms with Crippen molar-refractivity contribution in [3.8, 4) is 11.1 Å². The van der Waals surface area contributed by atoms with Crippen LogP contribution in [0.2, 0.25) is 0 Å². The van der Waals surface area contributed by atoms with E-state index in [1.54, 1.807) is 7.11 Å². The van der Waals surface area contributed by atoms with Gasteiger partial charge in [0.25, 0.3) is 0 Å². The van der Waals surface area contributed by atoms with E-state index in [1.807, 2.05) is 18.0 Å². The first kappa shape index (κ1) is 28.4. The van der Waals surface area contributed by atoms with Crippen LogP contribution in [0.4, 0.5) is 5.95 Å². The second-order valence-corrected chi connectivity index (χ2v) is 12.3. The fourth-order valence-corrected chi connectivity index (χ4v) is 6.45. The molecule has 0 bridgehead atoms. The van der Waals surface area contributed by atoms with Gasteiger partial charge in [-0.25, -0.2) is 4.98 Å². The number of aliphatic hydroxyl groups excluding tert-OH is 1. The zero-order chi connectivity index (χ0) is 27.4. The van der Waals surface area contributed by atoms with Gasteiger partial charge in [-0.2, -0.15) is 4.98 Å². The van der Waals surface area contributed by atoms with Crippen LogP contribution in [0.3, 0.4) is 0 Å². The summed E-state index contributed by atoms with van der Waals surface area (Å²) in [6.45, 7) is 10.5. The molecule has 2 fully saturated rings. The van der Waals surface area contributed by atoms with E-state index < -0.39 is 0 Å². The molecule has 1 aliphatic carbocycles. The summed E-state index contributed by atoms with van der Waals surface area (Å²) in [4.78, 5) is 14.8. The van der Waals surface area contributed by atoms with E-state index in [0.717, 1.165) is 69.4 Å². The van der Waals surface area contributed by atoms with Gasteiger partial charge in [0.1, 0.15) is 5.65 Å². The maximum atomic E-state index is 10.1. The number of rotatable bonds is 10. The highest BCUT2D eigenvalue weighted by Gasteiger charge is 2.25. The number of fused-ring (bicyclic) bond motifs is 1. The SMILES string of the molecule is COCC(C)Nc1ncc2c(-c3ccc(CN4CCN(C(C)SC)CC4)cc3)cn([C@H]3CC[C@H](O)CC3)c2n1. The molecular weight excluding hydrogens is 508 g/mol. The average Bonchev–Trinajstić information content (AvgIpc) is 3.33. The van der Waals surface area contributed by atoms with Crippen LogP contribution >= 0.6 is 11.8 Å². The molecule has 2 unspecified atom stereocenters. The van der Waals surface area contributed by atoms with Gasteiger partial charge < -0.3 is 19.7 Å². The third-order valence-electron chi connectivity index (χ3n) is 8.36. The summed E-state index contributed by atoms with van der Waals surface area (Å²) in [7, 11) is 1.70. The van der Waals surface area contributed by atoms with Crippen LogP contribution in [0, 0.1) is 0 Å². The Morgan fingerprint density at radius 3 is 2.46 bits per heavy atom.